The summed E-state index contributed by atoms with van der Waals surface area (Å²) in [5.41, 5.74) is 0.614. The summed E-state index contributed by atoms with van der Waals surface area (Å²) in [6.07, 6.45) is 2.21. The van der Waals surface area contributed by atoms with Crippen LogP contribution in [0.2, 0.25) is 0 Å². The standard InChI is InChI=1S/C16H26N2O5S/c1-11(2)7-9-24(20,21)16(3,4)15(19)17-14-10-12(18-23-14)13-6-5-8-22-13/h10-11,13H,5-9H2,1-4H3,(H,17,19). The van der Waals surface area contributed by atoms with Crippen molar-refractivity contribution in [3.8, 4) is 0 Å². The average Bonchev–Trinajstić information content (AvgIpc) is 3.15. The summed E-state index contributed by atoms with van der Waals surface area (Å²) >= 11 is 0. The first-order valence-electron chi connectivity index (χ1n) is 8.25. The predicted octanol–water partition coefficient (Wildman–Crippen LogP) is 2.70. The molecule has 8 heteroatoms. The lowest BCUT2D eigenvalue weighted by molar-refractivity contribution is -0.118. The number of nitrogens with zero attached hydrogens (tertiary/aromatic N) is 1. The average molecular weight is 358 g/mol. The molecule has 136 valence electrons. The maximum absolute atomic E-state index is 12.5. The summed E-state index contributed by atoms with van der Waals surface area (Å²) in [4.78, 5) is 12.4. The van der Waals surface area contributed by atoms with Gasteiger partial charge in [-0.05, 0) is 39.0 Å². The Labute approximate surface area is 143 Å². The van der Waals surface area contributed by atoms with Crippen LogP contribution in [0.15, 0.2) is 10.6 Å². The molecular weight excluding hydrogens is 332 g/mol. The molecule has 0 spiro atoms. The minimum Gasteiger partial charge on any atom is -0.372 e. The number of ether oxygens (including phenoxy) is 1. The molecule has 0 aliphatic carbocycles. The van der Waals surface area contributed by atoms with E-state index in [1.165, 1.54) is 13.8 Å². The van der Waals surface area contributed by atoms with E-state index in [-0.39, 0.29) is 23.7 Å². The van der Waals surface area contributed by atoms with Gasteiger partial charge < -0.3 is 9.26 Å². The normalized spacial score (nSPS) is 19.0. The number of carbonyl (C=O) groups excluding carboxylic acids is 1. The molecule has 1 atom stereocenters. The van der Waals surface area contributed by atoms with Crippen molar-refractivity contribution in [1.82, 2.24) is 5.16 Å². The Kier molecular flexibility index (Phi) is 5.70. The van der Waals surface area contributed by atoms with Crippen molar-refractivity contribution in [2.45, 2.75) is 57.8 Å². The van der Waals surface area contributed by atoms with Crippen LogP contribution in [0, 0.1) is 5.92 Å². The molecular formula is C16H26N2O5S. The summed E-state index contributed by atoms with van der Waals surface area (Å²) in [6.45, 7) is 7.40. The fourth-order valence-electron chi connectivity index (χ4n) is 2.36. The van der Waals surface area contributed by atoms with Crippen LogP contribution in [0.4, 0.5) is 5.88 Å². The van der Waals surface area contributed by atoms with Crippen molar-refractivity contribution in [3.63, 3.8) is 0 Å². The Hall–Kier alpha value is -1.41. The zero-order chi connectivity index (χ0) is 18.0. The van der Waals surface area contributed by atoms with E-state index < -0.39 is 20.5 Å². The molecule has 1 aromatic rings. The molecule has 1 fully saturated rings. The SMILES string of the molecule is CC(C)CCS(=O)(=O)C(C)(C)C(=O)Nc1cc(C2CCCO2)no1. The molecule has 0 bridgehead atoms. The molecule has 7 nitrogen and oxygen atoms in total. The van der Waals surface area contributed by atoms with Gasteiger partial charge in [0.25, 0.3) is 0 Å². The highest BCUT2D eigenvalue weighted by molar-refractivity contribution is 7.93. The first kappa shape index (κ1) is 18.9. The maximum Gasteiger partial charge on any atom is 0.247 e. The monoisotopic (exact) mass is 358 g/mol. The van der Waals surface area contributed by atoms with Gasteiger partial charge in [0.15, 0.2) is 9.84 Å². The van der Waals surface area contributed by atoms with E-state index in [2.05, 4.69) is 10.5 Å². The lowest BCUT2D eigenvalue weighted by atomic mass is 10.2. The molecule has 2 heterocycles. The van der Waals surface area contributed by atoms with Crippen LogP contribution in [-0.2, 0) is 19.4 Å². The number of hydrogen-bond acceptors (Lipinski definition) is 6. The number of hydrogen-bond donors (Lipinski definition) is 1. The van der Waals surface area contributed by atoms with Crippen LogP contribution in [0.3, 0.4) is 0 Å². The Balaban J connectivity index is 2.04. The fraction of sp³-hybridized carbons (Fsp3) is 0.750. The van der Waals surface area contributed by atoms with E-state index in [0.29, 0.717) is 18.7 Å². The molecule has 1 aromatic heterocycles. The molecule has 1 aliphatic rings. The molecule has 1 unspecified atom stereocenters. The Morgan fingerprint density at radius 2 is 2.17 bits per heavy atom. The molecule has 0 aromatic carbocycles. The number of carbonyl (C=O) groups is 1. The molecule has 1 aliphatic heterocycles. The summed E-state index contributed by atoms with van der Waals surface area (Å²) < 4.78 is 34.0. The van der Waals surface area contributed by atoms with Crippen molar-refractivity contribution in [3.05, 3.63) is 11.8 Å². The third-order valence-corrected chi connectivity index (χ3v) is 6.83. The fourth-order valence-corrected chi connectivity index (χ4v) is 3.99. The van der Waals surface area contributed by atoms with E-state index >= 15 is 0 Å². The van der Waals surface area contributed by atoms with Crippen molar-refractivity contribution >= 4 is 21.6 Å². The van der Waals surface area contributed by atoms with Gasteiger partial charge in [-0.25, -0.2) is 8.42 Å². The van der Waals surface area contributed by atoms with Crippen molar-refractivity contribution in [2.75, 3.05) is 17.7 Å². The Morgan fingerprint density at radius 1 is 1.46 bits per heavy atom. The van der Waals surface area contributed by atoms with E-state index in [0.717, 1.165) is 12.8 Å². The van der Waals surface area contributed by atoms with E-state index in [4.69, 9.17) is 9.26 Å². The van der Waals surface area contributed by atoms with Gasteiger partial charge in [-0.2, -0.15) is 0 Å². The van der Waals surface area contributed by atoms with Crippen LogP contribution < -0.4 is 5.32 Å². The van der Waals surface area contributed by atoms with Crippen LogP contribution in [0.5, 0.6) is 0 Å². The van der Waals surface area contributed by atoms with Gasteiger partial charge in [-0.1, -0.05) is 19.0 Å². The lowest BCUT2D eigenvalue weighted by Gasteiger charge is -2.23. The number of rotatable bonds is 7. The number of sulfone groups is 1. The highest BCUT2D eigenvalue weighted by atomic mass is 32.2. The van der Waals surface area contributed by atoms with Crippen LogP contribution in [-0.4, -0.2) is 36.6 Å². The van der Waals surface area contributed by atoms with Crippen LogP contribution >= 0.6 is 0 Å². The van der Waals surface area contributed by atoms with Gasteiger partial charge in [-0.15, -0.1) is 0 Å². The molecule has 0 saturated carbocycles. The zero-order valence-corrected chi connectivity index (χ0v) is 15.5. The van der Waals surface area contributed by atoms with Crippen molar-refractivity contribution in [2.24, 2.45) is 5.92 Å². The summed E-state index contributed by atoms with van der Waals surface area (Å²) in [7, 11) is -3.58. The minimum atomic E-state index is -3.58. The van der Waals surface area contributed by atoms with Gasteiger partial charge in [0.1, 0.15) is 16.5 Å². The molecule has 24 heavy (non-hydrogen) atoms. The summed E-state index contributed by atoms with van der Waals surface area (Å²) in [6, 6.07) is 1.59. The quantitative estimate of drug-likeness (QED) is 0.804. The third-order valence-electron chi connectivity index (χ3n) is 4.31. The predicted molar refractivity (Wildman–Crippen MR) is 90.4 cm³/mol. The van der Waals surface area contributed by atoms with Gasteiger partial charge >= 0.3 is 0 Å². The Bertz CT molecular complexity index is 672. The van der Waals surface area contributed by atoms with Gasteiger partial charge in [0, 0.05) is 12.7 Å². The largest absolute Gasteiger partial charge is 0.372 e. The molecule has 1 amide bonds. The van der Waals surface area contributed by atoms with Crippen LogP contribution in [0.25, 0.3) is 0 Å². The minimum absolute atomic E-state index is 0.0251. The Morgan fingerprint density at radius 3 is 2.75 bits per heavy atom. The second kappa shape index (κ2) is 7.23. The smallest absolute Gasteiger partial charge is 0.247 e. The highest BCUT2D eigenvalue weighted by Gasteiger charge is 2.41. The zero-order valence-electron chi connectivity index (χ0n) is 14.7. The first-order chi connectivity index (χ1) is 11.1. The molecule has 1 saturated heterocycles. The summed E-state index contributed by atoms with van der Waals surface area (Å²) in [5.74, 6) is -0.261. The van der Waals surface area contributed by atoms with Gasteiger partial charge in [0.2, 0.25) is 11.8 Å². The lowest BCUT2D eigenvalue weighted by Crippen LogP contribution is -2.45. The van der Waals surface area contributed by atoms with Gasteiger partial charge in [-0.3, -0.25) is 10.1 Å². The van der Waals surface area contributed by atoms with Crippen molar-refractivity contribution in [1.29, 1.82) is 0 Å². The second-order valence-electron chi connectivity index (χ2n) is 7.08. The second-order valence-corrected chi connectivity index (χ2v) is 9.74. The molecule has 2 rings (SSSR count). The molecule has 1 N–H and O–H groups in total. The van der Waals surface area contributed by atoms with Gasteiger partial charge in [0.05, 0.1) is 5.75 Å². The number of aromatic nitrogens is 1. The maximum atomic E-state index is 12.5. The summed E-state index contributed by atoms with van der Waals surface area (Å²) in [5, 5.41) is 6.41. The number of anilines is 1. The molecule has 0 radical (unpaired) electrons. The first-order valence-corrected chi connectivity index (χ1v) is 9.90. The third kappa shape index (κ3) is 4.16. The van der Waals surface area contributed by atoms with E-state index in [9.17, 15) is 13.2 Å². The van der Waals surface area contributed by atoms with E-state index in [1.807, 2.05) is 13.8 Å². The van der Waals surface area contributed by atoms with Crippen molar-refractivity contribution < 1.29 is 22.5 Å². The number of nitrogens with one attached hydrogen (secondary N) is 1. The van der Waals surface area contributed by atoms with E-state index in [1.54, 1.807) is 6.07 Å². The topological polar surface area (TPSA) is 98.5 Å². The number of amides is 1. The van der Waals surface area contributed by atoms with Crippen LogP contribution in [0.1, 0.15) is 58.8 Å². The highest BCUT2D eigenvalue weighted by Crippen LogP contribution is 2.29.